The number of likely N-dealkylation sites (tertiary alicyclic amines) is 2. The van der Waals surface area contributed by atoms with Gasteiger partial charge >= 0.3 is 0 Å². The van der Waals surface area contributed by atoms with Gasteiger partial charge in [-0.05, 0) is 32.2 Å². The van der Waals surface area contributed by atoms with E-state index in [0.29, 0.717) is 19.1 Å². The summed E-state index contributed by atoms with van der Waals surface area (Å²) in [7, 11) is 7.23. The Morgan fingerprint density at radius 1 is 1.24 bits per heavy atom. The van der Waals surface area contributed by atoms with Crippen LogP contribution in [-0.4, -0.2) is 113 Å². The van der Waals surface area contributed by atoms with Crippen molar-refractivity contribution in [1.29, 1.82) is 0 Å². The fourth-order valence-electron chi connectivity index (χ4n) is 4.04. The number of rotatable bonds is 10. The molecular weight excluding hydrogens is 485 g/mol. The molecule has 8 nitrogen and oxygen atoms in total. The molecule has 0 spiro atoms. The highest BCUT2D eigenvalue weighted by atomic mass is 127. The number of hydrogen-bond acceptors (Lipinski definition) is 5. The normalized spacial score (nSPS) is 22.6. The van der Waals surface area contributed by atoms with E-state index in [9.17, 15) is 4.79 Å². The van der Waals surface area contributed by atoms with Crippen molar-refractivity contribution in [3.8, 4) is 0 Å². The molecule has 0 aliphatic carbocycles. The molecule has 2 saturated heterocycles. The number of aliphatic imine (C=N–C) groups is 1. The first-order valence-corrected chi connectivity index (χ1v) is 10.5. The van der Waals surface area contributed by atoms with Crippen LogP contribution in [0.25, 0.3) is 0 Å². The molecule has 2 rings (SSSR count). The van der Waals surface area contributed by atoms with E-state index in [1.807, 2.05) is 21.1 Å². The first-order valence-electron chi connectivity index (χ1n) is 10.5. The van der Waals surface area contributed by atoms with Gasteiger partial charge in [0, 0.05) is 60.3 Å². The zero-order chi connectivity index (χ0) is 20.4. The van der Waals surface area contributed by atoms with Gasteiger partial charge in [-0.1, -0.05) is 0 Å². The summed E-state index contributed by atoms with van der Waals surface area (Å²) in [5.74, 6) is 1.76. The molecule has 2 atom stereocenters. The quantitative estimate of drug-likeness (QED) is 0.200. The lowest BCUT2D eigenvalue weighted by molar-refractivity contribution is -0.133. The van der Waals surface area contributed by atoms with Crippen LogP contribution >= 0.6 is 24.0 Å². The number of carbonyl (C=O) groups is 1. The maximum atomic E-state index is 12.3. The standard InChI is InChI=1S/C20H39N5O3.HI/c1-21-20(25-12-8-17(15-25)16-28-14-13-27-4)22-9-6-11-24-10-5-7-18(24)19(26)23(2)3;/h17-18H,5-16H2,1-4H3,(H,21,22);1H. The number of likely N-dealkylation sites (N-methyl/N-ethyl adjacent to an activating group) is 1. The third-order valence-corrected chi connectivity index (χ3v) is 5.58. The molecule has 2 fully saturated rings. The summed E-state index contributed by atoms with van der Waals surface area (Å²) in [6.45, 7) is 6.94. The maximum absolute atomic E-state index is 12.3. The van der Waals surface area contributed by atoms with Gasteiger partial charge in [0.1, 0.15) is 0 Å². The first kappa shape index (κ1) is 26.4. The minimum absolute atomic E-state index is 0. The number of guanidine groups is 1. The number of methoxy groups -OCH3 is 1. The van der Waals surface area contributed by atoms with Crippen molar-refractivity contribution in [1.82, 2.24) is 20.0 Å². The van der Waals surface area contributed by atoms with Gasteiger partial charge in [0.25, 0.3) is 0 Å². The predicted molar refractivity (Wildman–Crippen MR) is 127 cm³/mol. The molecule has 0 saturated carbocycles. The zero-order valence-electron chi connectivity index (χ0n) is 18.6. The Kier molecular flexibility index (Phi) is 13.1. The van der Waals surface area contributed by atoms with Gasteiger partial charge in [0.2, 0.25) is 5.91 Å². The molecule has 170 valence electrons. The molecule has 2 aliphatic rings. The molecule has 1 N–H and O–H groups in total. The predicted octanol–water partition coefficient (Wildman–Crippen LogP) is 1.11. The van der Waals surface area contributed by atoms with Crippen molar-refractivity contribution >= 4 is 35.8 Å². The van der Waals surface area contributed by atoms with Crippen LogP contribution in [0.3, 0.4) is 0 Å². The Morgan fingerprint density at radius 3 is 2.72 bits per heavy atom. The monoisotopic (exact) mass is 525 g/mol. The van der Waals surface area contributed by atoms with Gasteiger partial charge in [-0.25, -0.2) is 0 Å². The molecule has 0 aromatic carbocycles. The minimum atomic E-state index is 0. The van der Waals surface area contributed by atoms with Crippen molar-refractivity contribution in [2.45, 2.75) is 31.7 Å². The number of hydrogen-bond donors (Lipinski definition) is 1. The fraction of sp³-hybridized carbons (Fsp3) is 0.900. The van der Waals surface area contributed by atoms with E-state index in [2.05, 4.69) is 20.1 Å². The molecule has 2 heterocycles. The van der Waals surface area contributed by atoms with E-state index in [0.717, 1.165) is 71.0 Å². The molecule has 29 heavy (non-hydrogen) atoms. The molecule has 1 amide bonds. The highest BCUT2D eigenvalue weighted by Gasteiger charge is 2.31. The van der Waals surface area contributed by atoms with Gasteiger partial charge in [-0.2, -0.15) is 0 Å². The van der Waals surface area contributed by atoms with Crippen LogP contribution in [0.2, 0.25) is 0 Å². The van der Waals surface area contributed by atoms with Gasteiger partial charge in [-0.3, -0.25) is 14.7 Å². The first-order chi connectivity index (χ1) is 13.6. The van der Waals surface area contributed by atoms with E-state index in [4.69, 9.17) is 9.47 Å². The molecule has 0 aromatic heterocycles. The van der Waals surface area contributed by atoms with Gasteiger partial charge < -0.3 is 24.6 Å². The van der Waals surface area contributed by atoms with Crippen LogP contribution in [-0.2, 0) is 14.3 Å². The van der Waals surface area contributed by atoms with Gasteiger partial charge in [-0.15, -0.1) is 24.0 Å². The number of ether oxygens (including phenoxy) is 2. The summed E-state index contributed by atoms with van der Waals surface area (Å²) in [5.41, 5.74) is 0. The minimum Gasteiger partial charge on any atom is -0.382 e. The van der Waals surface area contributed by atoms with Crippen LogP contribution in [0.4, 0.5) is 0 Å². The molecule has 0 bridgehead atoms. The number of nitrogens with one attached hydrogen (secondary N) is 1. The van der Waals surface area contributed by atoms with Crippen LogP contribution in [0, 0.1) is 5.92 Å². The van der Waals surface area contributed by atoms with Crippen LogP contribution < -0.4 is 5.32 Å². The van der Waals surface area contributed by atoms with Gasteiger partial charge in [0.05, 0.1) is 25.9 Å². The highest BCUT2D eigenvalue weighted by molar-refractivity contribution is 14.0. The fourth-order valence-corrected chi connectivity index (χ4v) is 4.04. The second kappa shape index (κ2) is 14.4. The lowest BCUT2D eigenvalue weighted by atomic mass is 10.1. The summed E-state index contributed by atoms with van der Waals surface area (Å²) in [4.78, 5) is 23.1. The molecule has 2 unspecified atom stereocenters. The van der Waals surface area contributed by atoms with E-state index in [-0.39, 0.29) is 35.9 Å². The van der Waals surface area contributed by atoms with Crippen molar-refractivity contribution in [2.24, 2.45) is 10.9 Å². The average molecular weight is 525 g/mol. The smallest absolute Gasteiger partial charge is 0.239 e. The largest absolute Gasteiger partial charge is 0.382 e. The summed E-state index contributed by atoms with van der Waals surface area (Å²) in [5, 5.41) is 3.49. The Hall–Kier alpha value is -0.650. The second-order valence-corrected chi connectivity index (χ2v) is 7.92. The second-order valence-electron chi connectivity index (χ2n) is 7.92. The summed E-state index contributed by atoms with van der Waals surface area (Å²) >= 11 is 0. The van der Waals surface area contributed by atoms with Gasteiger partial charge in [0.15, 0.2) is 5.96 Å². The lowest BCUT2D eigenvalue weighted by Crippen LogP contribution is -2.44. The topological polar surface area (TPSA) is 69.6 Å². The third-order valence-electron chi connectivity index (χ3n) is 5.58. The average Bonchev–Trinajstić information content (AvgIpc) is 3.34. The third kappa shape index (κ3) is 8.55. The zero-order valence-corrected chi connectivity index (χ0v) is 20.9. The van der Waals surface area contributed by atoms with Crippen molar-refractivity contribution in [2.75, 3.05) is 80.8 Å². The van der Waals surface area contributed by atoms with E-state index < -0.39 is 0 Å². The molecular formula is C20H40IN5O3. The summed E-state index contributed by atoms with van der Waals surface area (Å²) in [6, 6.07) is 0.0618. The number of carbonyl (C=O) groups excluding carboxylic acids is 1. The molecule has 0 radical (unpaired) electrons. The highest BCUT2D eigenvalue weighted by Crippen LogP contribution is 2.19. The molecule has 0 aromatic rings. The molecule has 9 heteroatoms. The number of amides is 1. The van der Waals surface area contributed by atoms with E-state index in [1.165, 1.54) is 0 Å². The SMILES string of the molecule is CN=C(NCCCN1CCCC1C(=O)N(C)C)N1CCC(COCCOC)C1.I. The summed E-state index contributed by atoms with van der Waals surface area (Å²) < 4.78 is 10.7. The number of nitrogens with zero attached hydrogens (tertiary/aromatic N) is 4. The maximum Gasteiger partial charge on any atom is 0.239 e. The van der Waals surface area contributed by atoms with Crippen LogP contribution in [0.15, 0.2) is 4.99 Å². The van der Waals surface area contributed by atoms with Crippen molar-refractivity contribution in [3.63, 3.8) is 0 Å². The van der Waals surface area contributed by atoms with E-state index in [1.54, 1.807) is 12.0 Å². The summed E-state index contributed by atoms with van der Waals surface area (Å²) in [6.07, 6.45) is 4.23. The van der Waals surface area contributed by atoms with E-state index >= 15 is 0 Å². The number of halogens is 1. The molecule has 2 aliphatic heterocycles. The van der Waals surface area contributed by atoms with Crippen LogP contribution in [0.1, 0.15) is 25.7 Å². The Bertz CT molecular complexity index is 507. The van der Waals surface area contributed by atoms with Crippen molar-refractivity contribution < 1.29 is 14.3 Å². The van der Waals surface area contributed by atoms with Crippen molar-refractivity contribution in [3.05, 3.63) is 0 Å². The Morgan fingerprint density at radius 2 is 2.03 bits per heavy atom. The lowest BCUT2D eigenvalue weighted by Gasteiger charge is -2.26. The Balaban J connectivity index is 0.00000420. The Labute approximate surface area is 193 Å². The van der Waals surface area contributed by atoms with Crippen LogP contribution in [0.5, 0.6) is 0 Å².